The summed E-state index contributed by atoms with van der Waals surface area (Å²) in [6, 6.07) is 20.3. The quantitative estimate of drug-likeness (QED) is 0.363. The highest BCUT2D eigenvalue weighted by atomic mass is 35.5. The van der Waals surface area contributed by atoms with Gasteiger partial charge in [0.25, 0.3) is 11.8 Å². The Kier molecular flexibility index (Phi) is 6.30. The topological polar surface area (TPSA) is 72.8 Å². The molecule has 0 saturated carbocycles. The zero-order valence-electron chi connectivity index (χ0n) is 20.7. The molecule has 3 heterocycles. The number of carbonyl (C=O) groups is 2. The number of ether oxygens (including phenoxy) is 2. The summed E-state index contributed by atoms with van der Waals surface area (Å²) in [5.41, 5.74) is 2.01. The summed E-state index contributed by atoms with van der Waals surface area (Å²) in [7, 11) is 1.59. The molecule has 1 N–H and O–H groups in total. The number of carbonyl (C=O) groups excluding carboxylic acids is 2. The van der Waals surface area contributed by atoms with Crippen LogP contribution < -0.4 is 10.1 Å². The Hall–Kier alpha value is -3.52. The van der Waals surface area contributed by atoms with Crippen LogP contribution in [-0.2, 0) is 21.5 Å². The van der Waals surface area contributed by atoms with E-state index < -0.39 is 5.54 Å². The third-order valence-corrected chi connectivity index (χ3v) is 7.78. The lowest BCUT2D eigenvalue weighted by molar-refractivity contribution is -0.121. The summed E-state index contributed by atoms with van der Waals surface area (Å²) in [6.45, 7) is 1.89. The molecule has 1 unspecified atom stereocenters. The van der Waals surface area contributed by atoms with Crippen molar-refractivity contribution in [2.75, 3.05) is 38.7 Å². The van der Waals surface area contributed by atoms with Crippen LogP contribution in [-0.4, -0.2) is 54.7 Å². The molecular weight excluding hydrogens is 525 g/mol. The van der Waals surface area contributed by atoms with Crippen LogP contribution in [0.15, 0.2) is 66.7 Å². The van der Waals surface area contributed by atoms with Crippen molar-refractivity contribution in [3.8, 4) is 5.75 Å². The van der Waals surface area contributed by atoms with Crippen molar-refractivity contribution >= 4 is 51.6 Å². The first-order valence-electron chi connectivity index (χ1n) is 12.3. The minimum atomic E-state index is -1.30. The molecule has 6 rings (SSSR count). The van der Waals surface area contributed by atoms with Crippen molar-refractivity contribution in [1.29, 1.82) is 0 Å². The van der Waals surface area contributed by atoms with E-state index in [1.807, 2.05) is 53.1 Å². The standard InChI is InChI=1S/C29H25Cl2N3O4/c1-37-22-7-5-19-14-26(27(35)33-9-11-38-12-10-33)34(25(19)16-22)29(17-18-3-2-4-20(30)13-18)23-8-6-21(31)15-24(23)32-28(29)36/h2-8,13-16H,9-12,17H2,1H3,(H,32,36). The first-order chi connectivity index (χ1) is 18.4. The zero-order chi connectivity index (χ0) is 26.4. The third-order valence-electron chi connectivity index (χ3n) is 7.31. The maximum atomic E-state index is 14.2. The van der Waals surface area contributed by atoms with Crippen molar-refractivity contribution in [2.45, 2.75) is 12.0 Å². The van der Waals surface area contributed by atoms with E-state index in [9.17, 15) is 9.59 Å². The average Bonchev–Trinajstić information content (AvgIpc) is 3.43. The van der Waals surface area contributed by atoms with Gasteiger partial charge in [-0.15, -0.1) is 0 Å². The van der Waals surface area contributed by atoms with Crippen molar-refractivity contribution in [3.05, 3.63) is 93.6 Å². The van der Waals surface area contributed by atoms with Gasteiger partial charge in [-0.05, 0) is 48.0 Å². The summed E-state index contributed by atoms with van der Waals surface area (Å²) in [5, 5.41) is 4.93. The summed E-state index contributed by atoms with van der Waals surface area (Å²) in [4.78, 5) is 30.1. The Labute approximate surface area is 229 Å². The van der Waals surface area contributed by atoms with Crippen LogP contribution in [0.3, 0.4) is 0 Å². The molecule has 4 aromatic rings. The highest BCUT2D eigenvalue weighted by molar-refractivity contribution is 6.31. The molecule has 2 aliphatic rings. The molecular formula is C29H25Cl2N3O4. The Balaban J connectivity index is 1.67. The van der Waals surface area contributed by atoms with E-state index in [0.29, 0.717) is 59.0 Å². The Morgan fingerprint density at radius 3 is 2.58 bits per heavy atom. The molecule has 0 bridgehead atoms. The van der Waals surface area contributed by atoms with E-state index in [-0.39, 0.29) is 18.2 Å². The molecule has 1 saturated heterocycles. The van der Waals surface area contributed by atoms with E-state index in [1.165, 1.54) is 0 Å². The second-order valence-corrected chi connectivity index (χ2v) is 10.4. The van der Waals surface area contributed by atoms with Gasteiger partial charge in [0.05, 0.1) is 25.8 Å². The van der Waals surface area contributed by atoms with Crippen molar-refractivity contribution in [2.24, 2.45) is 0 Å². The fourth-order valence-electron chi connectivity index (χ4n) is 5.55. The van der Waals surface area contributed by atoms with Gasteiger partial charge in [0.1, 0.15) is 11.4 Å². The lowest BCUT2D eigenvalue weighted by Gasteiger charge is -2.34. The predicted octanol–water partition coefficient (Wildman–Crippen LogP) is 5.37. The number of fused-ring (bicyclic) bond motifs is 2. The van der Waals surface area contributed by atoms with Gasteiger partial charge in [0, 0.05) is 52.3 Å². The number of anilines is 1. The largest absolute Gasteiger partial charge is 0.497 e. The molecule has 1 atom stereocenters. The Morgan fingerprint density at radius 2 is 1.82 bits per heavy atom. The highest BCUT2D eigenvalue weighted by Crippen LogP contribution is 2.46. The number of hydrogen-bond acceptors (Lipinski definition) is 4. The number of nitrogens with zero attached hydrogens (tertiary/aromatic N) is 2. The summed E-state index contributed by atoms with van der Waals surface area (Å²) >= 11 is 12.7. The average molecular weight is 550 g/mol. The molecule has 194 valence electrons. The molecule has 2 aliphatic heterocycles. The van der Waals surface area contributed by atoms with Gasteiger partial charge in [0.2, 0.25) is 0 Å². The normalized spacial score (nSPS) is 18.9. The maximum Gasteiger partial charge on any atom is 0.270 e. The smallest absolute Gasteiger partial charge is 0.270 e. The lowest BCUT2D eigenvalue weighted by atomic mass is 9.83. The fourth-order valence-corrected chi connectivity index (χ4v) is 5.94. The predicted molar refractivity (Wildman–Crippen MR) is 148 cm³/mol. The second-order valence-electron chi connectivity index (χ2n) is 9.51. The number of methoxy groups -OCH3 is 1. The first kappa shape index (κ1) is 24.8. The highest BCUT2D eigenvalue weighted by Gasteiger charge is 2.51. The van der Waals surface area contributed by atoms with Gasteiger partial charge < -0.3 is 24.3 Å². The number of morpholine rings is 1. The van der Waals surface area contributed by atoms with Crippen LogP contribution in [0.4, 0.5) is 5.69 Å². The SMILES string of the molecule is COc1ccc2cc(C(=O)N3CCOCC3)n(C3(Cc4cccc(Cl)c4)C(=O)Nc4cc(Cl)ccc43)c2c1. The third kappa shape index (κ3) is 4.02. The van der Waals surface area contributed by atoms with Gasteiger partial charge in [0.15, 0.2) is 5.54 Å². The van der Waals surface area contributed by atoms with Crippen LogP contribution >= 0.6 is 23.2 Å². The van der Waals surface area contributed by atoms with Crippen LogP contribution in [0.25, 0.3) is 10.9 Å². The van der Waals surface area contributed by atoms with E-state index >= 15 is 0 Å². The molecule has 0 spiro atoms. The van der Waals surface area contributed by atoms with E-state index in [4.69, 9.17) is 32.7 Å². The van der Waals surface area contributed by atoms with Crippen LogP contribution in [0.5, 0.6) is 5.75 Å². The molecule has 3 aromatic carbocycles. The number of aromatic nitrogens is 1. The number of amides is 2. The molecule has 9 heteroatoms. The Morgan fingerprint density at radius 1 is 1.03 bits per heavy atom. The van der Waals surface area contributed by atoms with Gasteiger partial charge in [-0.1, -0.05) is 41.4 Å². The van der Waals surface area contributed by atoms with Crippen LogP contribution in [0.2, 0.25) is 10.0 Å². The van der Waals surface area contributed by atoms with Crippen LogP contribution in [0.1, 0.15) is 21.6 Å². The number of halogens is 2. The van der Waals surface area contributed by atoms with Crippen LogP contribution in [0, 0.1) is 0 Å². The van der Waals surface area contributed by atoms with Crippen molar-refractivity contribution in [1.82, 2.24) is 9.47 Å². The first-order valence-corrected chi connectivity index (χ1v) is 13.1. The zero-order valence-corrected chi connectivity index (χ0v) is 22.2. The van der Waals surface area contributed by atoms with Gasteiger partial charge >= 0.3 is 0 Å². The van der Waals surface area contributed by atoms with E-state index in [1.54, 1.807) is 30.2 Å². The molecule has 1 aromatic heterocycles. The summed E-state index contributed by atoms with van der Waals surface area (Å²) < 4.78 is 12.9. The van der Waals surface area contributed by atoms with E-state index in [0.717, 1.165) is 16.5 Å². The fraction of sp³-hybridized carbons (Fsp3) is 0.241. The minimum absolute atomic E-state index is 0.163. The van der Waals surface area contributed by atoms with Gasteiger partial charge in [-0.2, -0.15) is 0 Å². The molecule has 0 aliphatic carbocycles. The van der Waals surface area contributed by atoms with Crippen molar-refractivity contribution in [3.63, 3.8) is 0 Å². The summed E-state index contributed by atoms with van der Waals surface area (Å²) in [5.74, 6) is 0.199. The van der Waals surface area contributed by atoms with Gasteiger partial charge in [-0.25, -0.2) is 0 Å². The molecule has 7 nitrogen and oxygen atoms in total. The number of hydrogen-bond donors (Lipinski definition) is 1. The second kappa shape index (κ2) is 9.66. The number of benzene rings is 3. The van der Waals surface area contributed by atoms with E-state index in [2.05, 4.69) is 5.32 Å². The number of nitrogens with one attached hydrogen (secondary N) is 1. The molecule has 1 fully saturated rings. The Bertz CT molecular complexity index is 1580. The maximum absolute atomic E-state index is 14.2. The molecule has 38 heavy (non-hydrogen) atoms. The monoisotopic (exact) mass is 549 g/mol. The minimum Gasteiger partial charge on any atom is -0.497 e. The summed E-state index contributed by atoms with van der Waals surface area (Å²) in [6.07, 6.45) is 0.262. The number of rotatable bonds is 5. The van der Waals surface area contributed by atoms with Crippen molar-refractivity contribution < 1.29 is 19.1 Å². The molecule has 0 radical (unpaired) electrons. The lowest BCUT2D eigenvalue weighted by Crippen LogP contribution is -2.47. The molecule has 2 amide bonds. The van der Waals surface area contributed by atoms with Gasteiger partial charge in [-0.3, -0.25) is 9.59 Å².